The second-order valence-electron chi connectivity index (χ2n) is 8.79. The van der Waals surface area contributed by atoms with Gasteiger partial charge in [0.05, 0.1) is 30.9 Å². The van der Waals surface area contributed by atoms with E-state index < -0.39 is 17.9 Å². The number of aliphatic hydroxyl groups excluding tert-OH is 1. The summed E-state index contributed by atoms with van der Waals surface area (Å²) in [5, 5.41) is 19.9. The first-order valence-corrected chi connectivity index (χ1v) is 12.0. The molecule has 1 aliphatic heterocycles. The molecule has 8 heteroatoms. The first-order chi connectivity index (χ1) is 16.3. The highest BCUT2D eigenvalue weighted by atomic mass is 35.5. The standard InChI is InChI=1S/C26H33ClFNO5/c1-17(21-6-3-7-25(33-2)22(21)9-11-26(31)32)34-16-20(30)15-29-12-4-5-19(29)13-18-8-10-23(27)24(28)14-18/h3,6-8,10,14,17,19-20,30H,4-5,9,11-13,15-16H2,1-2H3,(H,31,32)/t17-,19+,20-/m1/s1. The van der Waals surface area contributed by atoms with E-state index in [1.54, 1.807) is 13.2 Å². The molecule has 0 aliphatic carbocycles. The summed E-state index contributed by atoms with van der Waals surface area (Å²) in [7, 11) is 1.56. The summed E-state index contributed by atoms with van der Waals surface area (Å²) in [4.78, 5) is 13.3. The Bertz CT molecular complexity index is 972. The maximum atomic E-state index is 13.8. The van der Waals surface area contributed by atoms with Crippen LogP contribution < -0.4 is 4.74 Å². The maximum Gasteiger partial charge on any atom is 0.303 e. The van der Waals surface area contributed by atoms with Crippen LogP contribution >= 0.6 is 11.6 Å². The minimum absolute atomic E-state index is 0.00339. The third kappa shape index (κ3) is 7.15. The average Bonchev–Trinajstić information content (AvgIpc) is 3.24. The molecule has 0 aromatic heterocycles. The number of carboxylic acid groups (broad SMARTS) is 1. The van der Waals surface area contributed by atoms with Gasteiger partial charge in [0.1, 0.15) is 11.6 Å². The monoisotopic (exact) mass is 493 g/mol. The fourth-order valence-electron chi connectivity index (χ4n) is 4.63. The van der Waals surface area contributed by atoms with Gasteiger partial charge in [-0.25, -0.2) is 4.39 Å². The van der Waals surface area contributed by atoms with Gasteiger partial charge in [-0.2, -0.15) is 0 Å². The van der Waals surface area contributed by atoms with Crippen molar-refractivity contribution in [3.8, 4) is 5.75 Å². The Morgan fingerprint density at radius 3 is 2.82 bits per heavy atom. The summed E-state index contributed by atoms with van der Waals surface area (Å²) < 4.78 is 25.2. The number of benzene rings is 2. The van der Waals surface area contributed by atoms with E-state index in [0.29, 0.717) is 25.1 Å². The molecule has 1 fully saturated rings. The molecule has 6 nitrogen and oxygen atoms in total. The van der Waals surface area contributed by atoms with Crippen molar-refractivity contribution in [2.45, 2.75) is 57.3 Å². The van der Waals surface area contributed by atoms with Crippen molar-refractivity contribution in [1.29, 1.82) is 0 Å². The number of carboxylic acids is 1. The van der Waals surface area contributed by atoms with Gasteiger partial charge in [0.25, 0.3) is 0 Å². The van der Waals surface area contributed by atoms with Gasteiger partial charge in [0, 0.05) is 24.6 Å². The third-order valence-electron chi connectivity index (χ3n) is 6.35. The van der Waals surface area contributed by atoms with Crippen molar-refractivity contribution in [3.63, 3.8) is 0 Å². The van der Waals surface area contributed by atoms with Crippen LogP contribution in [0.3, 0.4) is 0 Å². The number of halogens is 2. The molecule has 0 spiro atoms. The Hall–Kier alpha value is -2.19. The van der Waals surface area contributed by atoms with E-state index in [2.05, 4.69) is 4.90 Å². The molecule has 1 heterocycles. The molecule has 0 bridgehead atoms. The Morgan fingerprint density at radius 2 is 2.12 bits per heavy atom. The quantitative estimate of drug-likeness (QED) is 0.448. The number of likely N-dealkylation sites (tertiary alicyclic amines) is 1. The zero-order valence-electron chi connectivity index (χ0n) is 19.7. The molecule has 3 rings (SSSR count). The molecule has 34 heavy (non-hydrogen) atoms. The minimum Gasteiger partial charge on any atom is -0.496 e. The fraction of sp³-hybridized carbons (Fsp3) is 0.500. The molecule has 0 radical (unpaired) electrons. The van der Waals surface area contributed by atoms with Crippen LogP contribution in [0.2, 0.25) is 5.02 Å². The second-order valence-corrected chi connectivity index (χ2v) is 9.20. The van der Waals surface area contributed by atoms with Crippen molar-refractivity contribution in [1.82, 2.24) is 4.90 Å². The lowest BCUT2D eigenvalue weighted by molar-refractivity contribution is -0.136. The summed E-state index contributed by atoms with van der Waals surface area (Å²) in [5.41, 5.74) is 2.56. The van der Waals surface area contributed by atoms with Crippen LogP contribution in [0.25, 0.3) is 0 Å². The summed E-state index contributed by atoms with van der Waals surface area (Å²) in [6.45, 7) is 3.38. The van der Waals surface area contributed by atoms with Crippen LogP contribution in [0.4, 0.5) is 4.39 Å². The number of nitrogens with zero attached hydrogens (tertiary/aromatic N) is 1. The van der Waals surface area contributed by atoms with Gasteiger partial charge in [0.2, 0.25) is 0 Å². The number of β-amino-alcohol motifs (C(OH)–C–C–N with tert-alkyl or cyclic N) is 1. The number of ether oxygens (including phenoxy) is 2. The zero-order chi connectivity index (χ0) is 24.7. The van der Waals surface area contributed by atoms with E-state index in [0.717, 1.165) is 36.1 Å². The lowest BCUT2D eigenvalue weighted by Gasteiger charge is -2.28. The summed E-state index contributed by atoms with van der Waals surface area (Å²) in [5.74, 6) is -0.651. The maximum absolute atomic E-state index is 13.8. The Balaban J connectivity index is 1.56. The summed E-state index contributed by atoms with van der Waals surface area (Å²) in [6.07, 6.45) is 2.04. The fourth-order valence-corrected chi connectivity index (χ4v) is 4.75. The smallest absolute Gasteiger partial charge is 0.303 e. The number of aliphatic hydroxyl groups is 1. The molecule has 3 atom stereocenters. The number of rotatable bonds is 12. The highest BCUT2D eigenvalue weighted by Gasteiger charge is 2.27. The van der Waals surface area contributed by atoms with Gasteiger partial charge in [-0.05, 0) is 68.5 Å². The lowest BCUT2D eigenvalue weighted by Crippen LogP contribution is -2.39. The van der Waals surface area contributed by atoms with E-state index in [4.69, 9.17) is 26.2 Å². The topological polar surface area (TPSA) is 79.2 Å². The van der Waals surface area contributed by atoms with Gasteiger partial charge in [0.15, 0.2) is 0 Å². The van der Waals surface area contributed by atoms with Gasteiger partial charge >= 0.3 is 5.97 Å². The van der Waals surface area contributed by atoms with Crippen LogP contribution in [-0.4, -0.2) is 60.0 Å². The predicted octanol–water partition coefficient (Wildman–Crippen LogP) is 4.65. The number of carbonyl (C=O) groups is 1. The van der Waals surface area contributed by atoms with Crippen molar-refractivity contribution in [2.75, 3.05) is 26.8 Å². The Labute approximate surface area is 205 Å². The normalized spacial score (nSPS) is 18.1. The molecular formula is C26H33ClFNO5. The van der Waals surface area contributed by atoms with Crippen LogP contribution in [0.1, 0.15) is 49.0 Å². The van der Waals surface area contributed by atoms with Crippen LogP contribution in [-0.2, 0) is 22.4 Å². The van der Waals surface area contributed by atoms with E-state index >= 15 is 0 Å². The minimum atomic E-state index is -0.873. The highest BCUT2D eigenvalue weighted by Crippen LogP contribution is 2.30. The van der Waals surface area contributed by atoms with Gasteiger partial charge < -0.3 is 19.7 Å². The largest absolute Gasteiger partial charge is 0.496 e. The van der Waals surface area contributed by atoms with Gasteiger partial charge in [-0.15, -0.1) is 0 Å². The highest BCUT2D eigenvalue weighted by molar-refractivity contribution is 6.30. The lowest BCUT2D eigenvalue weighted by atomic mass is 9.98. The molecule has 2 N–H and O–H groups in total. The van der Waals surface area contributed by atoms with Crippen molar-refractivity contribution in [3.05, 3.63) is 63.9 Å². The van der Waals surface area contributed by atoms with Crippen molar-refractivity contribution >= 4 is 17.6 Å². The molecule has 1 saturated heterocycles. The molecule has 1 aliphatic rings. The molecule has 0 amide bonds. The predicted molar refractivity (Wildman–Crippen MR) is 129 cm³/mol. The van der Waals surface area contributed by atoms with Crippen molar-refractivity contribution < 1.29 is 28.9 Å². The second kappa shape index (κ2) is 12.5. The Kier molecular flexibility index (Phi) is 9.71. The van der Waals surface area contributed by atoms with Gasteiger partial charge in [-0.1, -0.05) is 29.8 Å². The first kappa shape index (κ1) is 26.4. The van der Waals surface area contributed by atoms with Crippen LogP contribution in [0.15, 0.2) is 36.4 Å². The van der Waals surface area contributed by atoms with E-state index in [1.165, 1.54) is 6.07 Å². The van der Waals surface area contributed by atoms with Crippen LogP contribution in [0, 0.1) is 5.82 Å². The average molecular weight is 494 g/mol. The van der Waals surface area contributed by atoms with Crippen molar-refractivity contribution in [2.24, 2.45) is 0 Å². The molecule has 2 aromatic carbocycles. The molecular weight excluding hydrogens is 461 g/mol. The molecule has 2 aromatic rings. The number of methoxy groups -OCH3 is 1. The number of hydrogen-bond donors (Lipinski definition) is 2. The van der Waals surface area contributed by atoms with E-state index in [1.807, 2.05) is 31.2 Å². The van der Waals surface area contributed by atoms with Crippen LogP contribution in [0.5, 0.6) is 5.75 Å². The summed E-state index contributed by atoms with van der Waals surface area (Å²) in [6, 6.07) is 10.7. The molecule has 0 unspecified atom stereocenters. The number of hydrogen-bond acceptors (Lipinski definition) is 5. The Morgan fingerprint density at radius 1 is 1.32 bits per heavy atom. The third-order valence-corrected chi connectivity index (χ3v) is 6.66. The molecule has 186 valence electrons. The number of aliphatic carboxylic acids is 1. The summed E-state index contributed by atoms with van der Waals surface area (Å²) >= 11 is 5.79. The first-order valence-electron chi connectivity index (χ1n) is 11.6. The van der Waals surface area contributed by atoms with Gasteiger partial charge in [-0.3, -0.25) is 9.69 Å². The van der Waals surface area contributed by atoms with E-state index in [9.17, 15) is 14.3 Å². The molecule has 0 saturated carbocycles. The van der Waals surface area contributed by atoms with E-state index in [-0.39, 0.29) is 30.2 Å². The SMILES string of the molecule is COc1cccc([C@@H](C)OC[C@H](O)CN2CCC[C@H]2Cc2ccc(Cl)c(F)c2)c1CCC(=O)O. The zero-order valence-corrected chi connectivity index (χ0v) is 20.4.